The molecule has 4 nitrogen and oxygen atoms in total. The third-order valence-corrected chi connectivity index (χ3v) is 2.84. The molecule has 0 bridgehead atoms. The highest BCUT2D eigenvalue weighted by Crippen LogP contribution is 2.21. The lowest BCUT2D eigenvalue weighted by molar-refractivity contribution is -0.135. The van der Waals surface area contributed by atoms with Crippen molar-refractivity contribution in [2.75, 3.05) is 13.1 Å². The SMILES string of the molecule is N/C(=N/O)C(CNCCCC(F)(F)F)c1ccccc1. The second-order valence-electron chi connectivity index (χ2n) is 4.41. The van der Waals surface area contributed by atoms with Crippen molar-refractivity contribution in [3.8, 4) is 0 Å². The van der Waals surface area contributed by atoms with Gasteiger partial charge in [-0.15, -0.1) is 0 Å². The number of hydrogen-bond acceptors (Lipinski definition) is 3. The fourth-order valence-electron chi connectivity index (χ4n) is 1.81. The first-order valence-corrected chi connectivity index (χ1v) is 6.24. The van der Waals surface area contributed by atoms with Gasteiger partial charge in [0.1, 0.15) is 5.84 Å². The van der Waals surface area contributed by atoms with E-state index in [2.05, 4.69) is 10.5 Å². The van der Waals surface area contributed by atoms with Crippen LogP contribution in [0.4, 0.5) is 13.2 Å². The van der Waals surface area contributed by atoms with E-state index in [1.165, 1.54) is 0 Å². The van der Waals surface area contributed by atoms with Crippen molar-refractivity contribution >= 4 is 5.84 Å². The molecule has 112 valence electrons. The highest BCUT2D eigenvalue weighted by Gasteiger charge is 2.26. The van der Waals surface area contributed by atoms with Gasteiger partial charge in [0.25, 0.3) is 0 Å². The second-order valence-corrected chi connectivity index (χ2v) is 4.41. The molecule has 0 saturated heterocycles. The summed E-state index contributed by atoms with van der Waals surface area (Å²) in [6.45, 7) is 0.541. The van der Waals surface area contributed by atoms with E-state index >= 15 is 0 Å². The van der Waals surface area contributed by atoms with Crippen molar-refractivity contribution in [2.45, 2.75) is 24.9 Å². The smallest absolute Gasteiger partial charge is 0.389 e. The van der Waals surface area contributed by atoms with E-state index in [4.69, 9.17) is 10.9 Å². The number of nitrogens with zero attached hydrogens (tertiary/aromatic N) is 1. The molecule has 7 heteroatoms. The maximum atomic E-state index is 12.0. The van der Waals surface area contributed by atoms with Crippen molar-refractivity contribution in [1.82, 2.24) is 5.32 Å². The Bertz CT molecular complexity index is 421. The second kappa shape index (κ2) is 7.74. The Balaban J connectivity index is 2.48. The van der Waals surface area contributed by atoms with Crippen LogP contribution in [-0.4, -0.2) is 30.3 Å². The van der Waals surface area contributed by atoms with Crippen molar-refractivity contribution in [2.24, 2.45) is 10.9 Å². The number of oxime groups is 1. The summed E-state index contributed by atoms with van der Waals surface area (Å²) >= 11 is 0. The molecule has 1 rings (SSSR count). The van der Waals surface area contributed by atoms with Gasteiger partial charge in [0.15, 0.2) is 0 Å². The monoisotopic (exact) mass is 289 g/mol. The van der Waals surface area contributed by atoms with Crippen LogP contribution in [0.3, 0.4) is 0 Å². The Morgan fingerprint density at radius 3 is 2.50 bits per heavy atom. The molecule has 1 aromatic carbocycles. The zero-order chi connectivity index (χ0) is 15.0. The van der Waals surface area contributed by atoms with E-state index in [0.29, 0.717) is 6.54 Å². The normalized spacial score (nSPS) is 14.2. The lowest BCUT2D eigenvalue weighted by Crippen LogP contribution is -2.32. The third kappa shape index (κ3) is 5.92. The standard InChI is InChI=1S/C13H18F3N3O/c14-13(15,16)7-4-8-18-9-11(12(17)19-20)10-5-2-1-3-6-10/h1-3,5-6,11,18,20H,4,7-9H2,(H2,17,19). The van der Waals surface area contributed by atoms with E-state index in [0.717, 1.165) is 5.56 Å². The van der Waals surface area contributed by atoms with Crippen molar-refractivity contribution in [3.63, 3.8) is 0 Å². The minimum Gasteiger partial charge on any atom is -0.409 e. The van der Waals surface area contributed by atoms with Gasteiger partial charge >= 0.3 is 6.18 Å². The van der Waals surface area contributed by atoms with Gasteiger partial charge in [0, 0.05) is 13.0 Å². The molecule has 0 heterocycles. The molecule has 0 aliphatic rings. The number of nitrogens with two attached hydrogens (primary N) is 1. The number of hydrogen-bond donors (Lipinski definition) is 3. The third-order valence-electron chi connectivity index (χ3n) is 2.84. The fraction of sp³-hybridized carbons (Fsp3) is 0.462. The minimum absolute atomic E-state index is 0.00117. The molecular formula is C13H18F3N3O. The Kier molecular flexibility index (Phi) is 6.30. The average Bonchev–Trinajstić information content (AvgIpc) is 2.42. The first-order valence-electron chi connectivity index (χ1n) is 6.24. The Hall–Kier alpha value is -1.76. The lowest BCUT2D eigenvalue weighted by atomic mass is 9.98. The van der Waals surface area contributed by atoms with Gasteiger partial charge in [-0.1, -0.05) is 35.5 Å². The molecule has 0 radical (unpaired) electrons. The summed E-state index contributed by atoms with van der Waals surface area (Å²) in [6.07, 6.45) is -4.95. The first kappa shape index (κ1) is 16.3. The van der Waals surface area contributed by atoms with Crippen LogP contribution in [0.15, 0.2) is 35.5 Å². The number of halogens is 3. The summed E-state index contributed by atoms with van der Waals surface area (Å²) in [4.78, 5) is 0. The molecule has 0 aliphatic heterocycles. The largest absolute Gasteiger partial charge is 0.409 e. The van der Waals surface area contributed by atoms with Crippen molar-refractivity contribution in [3.05, 3.63) is 35.9 Å². The summed E-state index contributed by atoms with van der Waals surface area (Å²) < 4.78 is 36.0. The van der Waals surface area contributed by atoms with Crippen LogP contribution in [0.2, 0.25) is 0 Å². The van der Waals surface area contributed by atoms with Crippen molar-refractivity contribution in [1.29, 1.82) is 0 Å². The molecule has 20 heavy (non-hydrogen) atoms. The molecule has 0 aliphatic carbocycles. The van der Waals surface area contributed by atoms with Crippen molar-refractivity contribution < 1.29 is 18.4 Å². The summed E-state index contributed by atoms with van der Waals surface area (Å²) in [6, 6.07) is 9.11. The number of alkyl halides is 3. The lowest BCUT2D eigenvalue weighted by Gasteiger charge is -2.17. The number of rotatable bonds is 7. The van der Waals surface area contributed by atoms with Crippen LogP contribution >= 0.6 is 0 Å². The maximum absolute atomic E-state index is 12.0. The molecule has 0 saturated carbocycles. The van der Waals surface area contributed by atoms with Crippen LogP contribution < -0.4 is 11.1 Å². The van der Waals surface area contributed by atoms with Crippen LogP contribution in [0.1, 0.15) is 24.3 Å². The molecular weight excluding hydrogens is 271 g/mol. The summed E-state index contributed by atoms with van der Waals surface area (Å²) in [5.41, 5.74) is 6.45. The van der Waals surface area contributed by atoms with Gasteiger partial charge in [-0.25, -0.2) is 0 Å². The fourth-order valence-corrected chi connectivity index (χ4v) is 1.81. The molecule has 1 aromatic rings. The summed E-state index contributed by atoms with van der Waals surface area (Å²) in [5.74, 6) is -0.341. The van der Waals surface area contributed by atoms with E-state index in [1.54, 1.807) is 0 Å². The number of amidine groups is 1. The van der Waals surface area contributed by atoms with E-state index in [1.807, 2.05) is 30.3 Å². The zero-order valence-corrected chi connectivity index (χ0v) is 10.9. The Labute approximate surface area is 115 Å². The zero-order valence-electron chi connectivity index (χ0n) is 10.9. The molecule has 1 atom stereocenters. The Morgan fingerprint density at radius 2 is 1.95 bits per heavy atom. The van der Waals surface area contributed by atoms with Gasteiger partial charge in [-0.05, 0) is 18.5 Å². The highest BCUT2D eigenvalue weighted by atomic mass is 19.4. The summed E-state index contributed by atoms with van der Waals surface area (Å²) in [7, 11) is 0. The van der Waals surface area contributed by atoms with Gasteiger partial charge in [0.2, 0.25) is 0 Å². The minimum atomic E-state index is -4.13. The van der Waals surface area contributed by atoms with Crippen LogP contribution in [-0.2, 0) is 0 Å². The average molecular weight is 289 g/mol. The molecule has 0 amide bonds. The number of benzene rings is 1. The highest BCUT2D eigenvalue weighted by molar-refractivity contribution is 5.87. The predicted octanol–water partition coefficient (Wildman–Crippen LogP) is 2.45. The maximum Gasteiger partial charge on any atom is 0.389 e. The molecule has 1 unspecified atom stereocenters. The molecule has 0 fully saturated rings. The molecule has 0 aromatic heterocycles. The van der Waals surface area contributed by atoms with Gasteiger partial charge in [-0.2, -0.15) is 13.2 Å². The topological polar surface area (TPSA) is 70.6 Å². The van der Waals surface area contributed by atoms with Gasteiger partial charge < -0.3 is 16.3 Å². The van der Waals surface area contributed by atoms with Crippen LogP contribution in [0.5, 0.6) is 0 Å². The van der Waals surface area contributed by atoms with E-state index in [-0.39, 0.29) is 24.7 Å². The predicted molar refractivity (Wildman–Crippen MR) is 70.8 cm³/mol. The van der Waals surface area contributed by atoms with Crippen LogP contribution in [0.25, 0.3) is 0 Å². The van der Waals surface area contributed by atoms with Gasteiger partial charge in [-0.3, -0.25) is 0 Å². The van der Waals surface area contributed by atoms with Gasteiger partial charge in [0.05, 0.1) is 5.92 Å². The van der Waals surface area contributed by atoms with E-state index < -0.39 is 12.6 Å². The molecule has 4 N–H and O–H groups in total. The quantitative estimate of drug-likeness (QED) is 0.237. The van der Waals surface area contributed by atoms with Crippen LogP contribution in [0, 0.1) is 0 Å². The first-order chi connectivity index (χ1) is 9.44. The summed E-state index contributed by atoms with van der Waals surface area (Å²) in [5, 5.41) is 14.6. The Morgan fingerprint density at radius 1 is 1.30 bits per heavy atom. The molecule has 0 spiro atoms. The number of nitrogens with one attached hydrogen (secondary N) is 1. The van der Waals surface area contributed by atoms with E-state index in [9.17, 15) is 13.2 Å².